The first kappa shape index (κ1) is 28.1. The normalized spacial score (nSPS) is 15.0. The summed E-state index contributed by atoms with van der Waals surface area (Å²) < 4.78 is 16.6. The van der Waals surface area contributed by atoms with Crippen molar-refractivity contribution in [2.75, 3.05) is 60.2 Å². The van der Waals surface area contributed by atoms with Crippen LogP contribution in [0.3, 0.4) is 0 Å². The minimum Gasteiger partial charge on any atom is -0.385 e. The van der Waals surface area contributed by atoms with Crippen LogP contribution < -0.4 is 10.6 Å². The van der Waals surface area contributed by atoms with Gasteiger partial charge in [-0.05, 0) is 44.4 Å². The average Bonchev–Trinajstić information content (AvgIpc) is 2.77. The lowest BCUT2D eigenvalue weighted by Gasteiger charge is -2.22. The number of rotatable bonds is 13. The molecule has 31 heavy (non-hydrogen) atoms. The van der Waals surface area contributed by atoms with Crippen molar-refractivity contribution < 1.29 is 14.2 Å². The first-order valence-corrected chi connectivity index (χ1v) is 11.2. The Morgan fingerprint density at radius 3 is 2.71 bits per heavy atom. The number of aliphatic imine (C=N–C) groups is 1. The van der Waals surface area contributed by atoms with Crippen LogP contribution in [0.1, 0.15) is 37.3 Å². The molecule has 1 aliphatic rings. The molecule has 7 nitrogen and oxygen atoms in total. The van der Waals surface area contributed by atoms with Crippen LogP contribution in [0.15, 0.2) is 29.3 Å². The summed E-state index contributed by atoms with van der Waals surface area (Å²) >= 11 is 0. The SMILES string of the molecule is CCNC(=NCc1cccc(COC2CCOCC2)c1)NCCN(C)CCCOC.I. The Labute approximate surface area is 205 Å². The number of hydrogen-bond acceptors (Lipinski definition) is 5. The molecule has 1 aromatic rings. The van der Waals surface area contributed by atoms with Gasteiger partial charge in [-0.1, -0.05) is 24.3 Å². The zero-order valence-electron chi connectivity index (χ0n) is 19.4. The van der Waals surface area contributed by atoms with Gasteiger partial charge in [0.05, 0.1) is 19.3 Å². The second kappa shape index (κ2) is 17.6. The molecule has 2 N–H and O–H groups in total. The van der Waals surface area contributed by atoms with E-state index in [0.29, 0.717) is 19.3 Å². The Bertz CT molecular complexity index is 612. The summed E-state index contributed by atoms with van der Waals surface area (Å²) in [5, 5.41) is 6.75. The Balaban J connectivity index is 0.00000480. The van der Waals surface area contributed by atoms with Crippen LogP contribution in [-0.2, 0) is 27.4 Å². The molecule has 1 aliphatic heterocycles. The fourth-order valence-electron chi connectivity index (χ4n) is 3.34. The summed E-state index contributed by atoms with van der Waals surface area (Å²) in [5.41, 5.74) is 2.39. The van der Waals surface area contributed by atoms with E-state index in [-0.39, 0.29) is 24.0 Å². The van der Waals surface area contributed by atoms with E-state index in [0.717, 1.165) is 71.2 Å². The van der Waals surface area contributed by atoms with Crippen LogP contribution in [0.2, 0.25) is 0 Å². The molecule has 0 unspecified atom stereocenters. The van der Waals surface area contributed by atoms with Gasteiger partial charge in [-0.25, -0.2) is 4.99 Å². The number of methoxy groups -OCH3 is 1. The number of nitrogens with one attached hydrogen (secondary N) is 2. The van der Waals surface area contributed by atoms with E-state index in [1.165, 1.54) is 11.1 Å². The van der Waals surface area contributed by atoms with Gasteiger partial charge >= 0.3 is 0 Å². The maximum absolute atomic E-state index is 6.05. The lowest BCUT2D eigenvalue weighted by Crippen LogP contribution is -2.41. The summed E-state index contributed by atoms with van der Waals surface area (Å²) in [6.07, 6.45) is 3.35. The molecule has 0 bridgehead atoms. The van der Waals surface area contributed by atoms with Crippen molar-refractivity contribution in [2.24, 2.45) is 4.99 Å². The van der Waals surface area contributed by atoms with Crippen molar-refractivity contribution in [3.8, 4) is 0 Å². The maximum Gasteiger partial charge on any atom is 0.191 e. The van der Waals surface area contributed by atoms with E-state index in [4.69, 9.17) is 19.2 Å². The highest BCUT2D eigenvalue weighted by Gasteiger charge is 2.14. The number of benzene rings is 1. The van der Waals surface area contributed by atoms with Crippen molar-refractivity contribution in [1.82, 2.24) is 15.5 Å². The predicted molar refractivity (Wildman–Crippen MR) is 137 cm³/mol. The van der Waals surface area contributed by atoms with Crippen LogP contribution in [-0.4, -0.2) is 77.1 Å². The second-order valence-electron chi connectivity index (χ2n) is 7.71. The molecule has 1 fully saturated rings. The summed E-state index contributed by atoms with van der Waals surface area (Å²) in [5.74, 6) is 0.853. The summed E-state index contributed by atoms with van der Waals surface area (Å²) in [6, 6.07) is 8.52. The highest BCUT2D eigenvalue weighted by molar-refractivity contribution is 14.0. The van der Waals surface area contributed by atoms with Gasteiger partial charge in [0, 0.05) is 53.1 Å². The Morgan fingerprint density at radius 1 is 1.19 bits per heavy atom. The van der Waals surface area contributed by atoms with Crippen LogP contribution >= 0.6 is 24.0 Å². The van der Waals surface area contributed by atoms with Gasteiger partial charge in [0.25, 0.3) is 0 Å². The number of ether oxygens (including phenoxy) is 3. The van der Waals surface area contributed by atoms with Crippen molar-refractivity contribution >= 4 is 29.9 Å². The smallest absolute Gasteiger partial charge is 0.191 e. The Morgan fingerprint density at radius 2 is 1.97 bits per heavy atom. The minimum absolute atomic E-state index is 0. The largest absolute Gasteiger partial charge is 0.385 e. The fraction of sp³-hybridized carbons (Fsp3) is 0.696. The Hall–Kier alpha value is -0.940. The summed E-state index contributed by atoms with van der Waals surface area (Å²) in [7, 11) is 3.88. The van der Waals surface area contributed by atoms with E-state index < -0.39 is 0 Å². The molecule has 0 spiro atoms. The number of hydrogen-bond donors (Lipinski definition) is 2. The zero-order valence-corrected chi connectivity index (χ0v) is 21.7. The van der Waals surface area contributed by atoms with E-state index in [1.54, 1.807) is 7.11 Å². The van der Waals surface area contributed by atoms with E-state index in [9.17, 15) is 0 Å². The lowest BCUT2D eigenvalue weighted by atomic mass is 10.1. The number of likely N-dealkylation sites (N-methyl/N-ethyl adjacent to an activating group) is 1. The van der Waals surface area contributed by atoms with Crippen LogP contribution in [0, 0.1) is 0 Å². The molecule has 1 heterocycles. The van der Waals surface area contributed by atoms with E-state index in [1.807, 2.05) is 0 Å². The highest BCUT2D eigenvalue weighted by Crippen LogP contribution is 2.14. The quantitative estimate of drug-likeness (QED) is 0.171. The van der Waals surface area contributed by atoms with Crippen LogP contribution in [0.4, 0.5) is 0 Å². The van der Waals surface area contributed by atoms with Gasteiger partial charge in [-0.15, -0.1) is 24.0 Å². The topological polar surface area (TPSA) is 67.4 Å². The molecule has 8 heteroatoms. The molecule has 178 valence electrons. The molecule has 0 radical (unpaired) electrons. The Kier molecular flexibility index (Phi) is 15.9. The third-order valence-electron chi connectivity index (χ3n) is 5.08. The number of guanidine groups is 1. The van der Waals surface area contributed by atoms with Crippen LogP contribution in [0.25, 0.3) is 0 Å². The van der Waals surface area contributed by atoms with Crippen molar-refractivity contribution in [1.29, 1.82) is 0 Å². The molecule has 0 atom stereocenters. The predicted octanol–water partition coefficient (Wildman–Crippen LogP) is 3.02. The molecule has 2 rings (SSSR count). The molecular formula is C23H41IN4O3. The van der Waals surface area contributed by atoms with Crippen molar-refractivity contribution in [3.05, 3.63) is 35.4 Å². The van der Waals surface area contributed by atoms with Crippen LogP contribution in [0.5, 0.6) is 0 Å². The van der Waals surface area contributed by atoms with Gasteiger partial charge in [0.2, 0.25) is 0 Å². The molecule has 1 saturated heterocycles. The average molecular weight is 549 g/mol. The number of halogens is 1. The minimum atomic E-state index is 0. The van der Waals surface area contributed by atoms with Crippen molar-refractivity contribution in [3.63, 3.8) is 0 Å². The van der Waals surface area contributed by atoms with Gasteiger partial charge in [-0.3, -0.25) is 0 Å². The first-order valence-electron chi connectivity index (χ1n) is 11.2. The summed E-state index contributed by atoms with van der Waals surface area (Å²) in [4.78, 5) is 7.05. The summed E-state index contributed by atoms with van der Waals surface area (Å²) in [6.45, 7) is 9.50. The van der Waals surface area contributed by atoms with Gasteiger partial charge in [0.15, 0.2) is 5.96 Å². The highest BCUT2D eigenvalue weighted by atomic mass is 127. The van der Waals surface area contributed by atoms with Gasteiger partial charge in [0.1, 0.15) is 0 Å². The molecular weight excluding hydrogens is 507 g/mol. The molecule has 0 amide bonds. The van der Waals surface area contributed by atoms with Crippen molar-refractivity contribution in [2.45, 2.75) is 45.4 Å². The van der Waals surface area contributed by atoms with E-state index >= 15 is 0 Å². The third-order valence-corrected chi connectivity index (χ3v) is 5.08. The van der Waals surface area contributed by atoms with E-state index in [2.05, 4.69) is 53.8 Å². The molecule has 0 saturated carbocycles. The first-order chi connectivity index (χ1) is 14.7. The lowest BCUT2D eigenvalue weighted by molar-refractivity contribution is -0.0390. The fourth-order valence-corrected chi connectivity index (χ4v) is 3.34. The van der Waals surface area contributed by atoms with Gasteiger partial charge < -0.3 is 29.7 Å². The number of nitrogens with zero attached hydrogens (tertiary/aromatic N) is 2. The molecule has 0 aliphatic carbocycles. The maximum atomic E-state index is 6.05. The van der Waals surface area contributed by atoms with Gasteiger partial charge in [-0.2, -0.15) is 0 Å². The zero-order chi connectivity index (χ0) is 21.4. The molecule has 1 aromatic carbocycles. The monoisotopic (exact) mass is 548 g/mol. The third kappa shape index (κ3) is 12.6. The second-order valence-corrected chi connectivity index (χ2v) is 7.71. The molecule has 0 aromatic heterocycles. The standard InChI is InChI=1S/C23H40N4O3.HI/c1-4-24-23(25-11-13-27(2)12-6-14-28-3)26-18-20-7-5-8-21(17-20)19-30-22-9-15-29-16-10-22;/h5,7-8,17,22H,4,6,9-16,18-19H2,1-3H3,(H2,24,25,26);1H.